The van der Waals surface area contributed by atoms with Crippen molar-refractivity contribution >= 4 is 11.8 Å². The van der Waals surface area contributed by atoms with Crippen LogP contribution in [0.4, 0.5) is 0 Å². The molecule has 2 amide bonds. The first-order chi connectivity index (χ1) is 12.6. The van der Waals surface area contributed by atoms with Gasteiger partial charge < -0.3 is 15.0 Å². The van der Waals surface area contributed by atoms with Crippen LogP contribution in [-0.2, 0) is 9.53 Å². The van der Waals surface area contributed by atoms with E-state index in [1.165, 1.54) is 6.33 Å². The van der Waals surface area contributed by atoms with E-state index >= 15 is 0 Å². The lowest BCUT2D eigenvalue weighted by Crippen LogP contribution is -2.43. The number of hydrogen-bond acceptors (Lipinski definition) is 5. The highest BCUT2D eigenvalue weighted by Crippen LogP contribution is 2.21. The maximum Gasteiger partial charge on any atom is 0.257 e. The molecule has 2 saturated heterocycles. The predicted molar refractivity (Wildman–Crippen MR) is 96.7 cm³/mol. The molecule has 2 fully saturated rings. The summed E-state index contributed by atoms with van der Waals surface area (Å²) in [5.41, 5.74) is 2.08. The summed E-state index contributed by atoms with van der Waals surface area (Å²) in [7, 11) is 0. The van der Waals surface area contributed by atoms with Crippen LogP contribution in [0.15, 0.2) is 6.33 Å². The van der Waals surface area contributed by atoms with Gasteiger partial charge in [0.15, 0.2) is 0 Å². The second-order valence-corrected chi connectivity index (χ2v) is 7.29. The molecule has 0 unspecified atom stereocenters. The molecule has 1 aromatic rings. The summed E-state index contributed by atoms with van der Waals surface area (Å²) in [6.45, 7) is 7.18. The van der Waals surface area contributed by atoms with E-state index < -0.39 is 0 Å². The van der Waals surface area contributed by atoms with Gasteiger partial charge in [-0.2, -0.15) is 0 Å². The lowest BCUT2D eigenvalue weighted by molar-refractivity contribution is -0.128. The molecule has 0 spiro atoms. The van der Waals surface area contributed by atoms with Crippen molar-refractivity contribution in [3.63, 3.8) is 0 Å². The molecule has 0 bridgehead atoms. The third-order valence-electron chi connectivity index (χ3n) is 5.50. The Labute approximate surface area is 154 Å². The minimum Gasteiger partial charge on any atom is -0.381 e. The fourth-order valence-corrected chi connectivity index (χ4v) is 3.75. The van der Waals surface area contributed by atoms with Crippen molar-refractivity contribution in [3.05, 3.63) is 23.3 Å². The van der Waals surface area contributed by atoms with E-state index in [2.05, 4.69) is 15.3 Å². The third kappa shape index (κ3) is 4.38. The molecule has 7 heteroatoms. The smallest absolute Gasteiger partial charge is 0.257 e. The number of piperidine rings is 1. The summed E-state index contributed by atoms with van der Waals surface area (Å²) >= 11 is 0. The number of hydrogen-bond donors (Lipinski definition) is 1. The Balaban J connectivity index is 1.47. The Morgan fingerprint density at radius 3 is 2.35 bits per heavy atom. The van der Waals surface area contributed by atoms with Crippen LogP contribution >= 0.6 is 0 Å². The van der Waals surface area contributed by atoms with Gasteiger partial charge in [-0.15, -0.1) is 0 Å². The van der Waals surface area contributed by atoms with Crippen LogP contribution in [-0.4, -0.2) is 59.5 Å². The second-order valence-electron chi connectivity index (χ2n) is 7.29. The Kier molecular flexibility index (Phi) is 6.19. The first kappa shape index (κ1) is 18.8. The number of likely N-dealkylation sites (tertiary alicyclic amines) is 1. The summed E-state index contributed by atoms with van der Waals surface area (Å²) in [5, 5.41) is 3.10. The molecule has 1 N–H and O–H groups in total. The second kappa shape index (κ2) is 8.58. The molecule has 2 aliphatic rings. The zero-order valence-corrected chi connectivity index (χ0v) is 15.7. The number of nitrogens with zero attached hydrogens (tertiary/aromatic N) is 3. The number of amides is 2. The normalized spacial score (nSPS) is 19.4. The van der Waals surface area contributed by atoms with Gasteiger partial charge in [-0.3, -0.25) is 9.59 Å². The van der Waals surface area contributed by atoms with E-state index in [0.717, 1.165) is 37.1 Å². The van der Waals surface area contributed by atoms with Crippen molar-refractivity contribution < 1.29 is 14.3 Å². The molecule has 0 radical (unpaired) electrons. The quantitative estimate of drug-likeness (QED) is 0.879. The summed E-state index contributed by atoms with van der Waals surface area (Å²) < 4.78 is 5.31. The summed E-state index contributed by atoms with van der Waals surface area (Å²) in [6.07, 6.45) is 4.94. The van der Waals surface area contributed by atoms with Crippen LogP contribution in [0.5, 0.6) is 0 Å². The molecule has 3 heterocycles. The number of ether oxygens (including phenoxy) is 1. The van der Waals surface area contributed by atoms with Gasteiger partial charge in [-0.05, 0) is 45.4 Å². The number of aryl methyl sites for hydroxylation is 2. The Morgan fingerprint density at radius 1 is 1.12 bits per heavy atom. The lowest BCUT2D eigenvalue weighted by atomic mass is 9.95. The van der Waals surface area contributed by atoms with Crippen molar-refractivity contribution in [1.82, 2.24) is 20.2 Å². The van der Waals surface area contributed by atoms with Gasteiger partial charge in [0.05, 0.1) is 17.0 Å². The molecule has 1 aromatic heterocycles. The average molecular weight is 360 g/mol. The fraction of sp³-hybridized carbons (Fsp3) is 0.684. The number of nitrogens with one attached hydrogen (secondary N) is 1. The highest BCUT2D eigenvalue weighted by molar-refractivity contribution is 5.96. The highest BCUT2D eigenvalue weighted by Gasteiger charge is 2.27. The minimum absolute atomic E-state index is 0.0188. The molecule has 142 valence electrons. The van der Waals surface area contributed by atoms with Gasteiger partial charge >= 0.3 is 0 Å². The van der Waals surface area contributed by atoms with Gasteiger partial charge in [-0.25, -0.2) is 9.97 Å². The SMILES string of the molecule is Cc1ncnc(C)c1C(=O)N1CCC(CNC(=O)C2CCOCC2)CC1. The van der Waals surface area contributed by atoms with Gasteiger partial charge in [0, 0.05) is 38.8 Å². The Bertz CT molecular complexity index is 630. The van der Waals surface area contributed by atoms with E-state index in [-0.39, 0.29) is 17.7 Å². The Hall–Kier alpha value is -2.02. The van der Waals surface area contributed by atoms with Crippen molar-refractivity contribution in [3.8, 4) is 0 Å². The molecular formula is C19H28N4O3. The van der Waals surface area contributed by atoms with Gasteiger partial charge in [0.25, 0.3) is 5.91 Å². The molecule has 26 heavy (non-hydrogen) atoms. The van der Waals surface area contributed by atoms with E-state index in [0.29, 0.717) is 44.3 Å². The number of aromatic nitrogens is 2. The van der Waals surface area contributed by atoms with E-state index in [1.807, 2.05) is 18.7 Å². The van der Waals surface area contributed by atoms with Crippen molar-refractivity contribution in [2.24, 2.45) is 11.8 Å². The lowest BCUT2D eigenvalue weighted by Gasteiger charge is -2.33. The van der Waals surface area contributed by atoms with Crippen LogP contribution in [0, 0.1) is 25.7 Å². The first-order valence-electron chi connectivity index (χ1n) is 9.49. The summed E-state index contributed by atoms with van der Waals surface area (Å²) in [4.78, 5) is 35.2. The van der Waals surface area contributed by atoms with Crippen LogP contribution in [0.3, 0.4) is 0 Å². The zero-order valence-electron chi connectivity index (χ0n) is 15.7. The van der Waals surface area contributed by atoms with E-state index in [9.17, 15) is 9.59 Å². The molecule has 0 atom stereocenters. The van der Waals surface area contributed by atoms with Gasteiger partial charge in [-0.1, -0.05) is 0 Å². The van der Waals surface area contributed by atoms with Crippen molar-refractivity contribution in [1.29, 1.82) is 0 Å². The largest absolute Gasteiger partial charge is 0.381 e. The fourth-order valence-electron chi connectivity index (χ4n) is 3.75. The third-order valence-corrected chi connectivity index (χ3v) is 5.50. The number of carbonyl (C=O) groups excluding carboxylic acids is 2. The topological polar surface area (TPSA) is 84.4 Å². The monoisotopic (exact) mass is 360 g/mol. The van der Waals surface area contributed by atoms with Gasteiger partial charge in [0.2, 0.25) is 5.91 Å². The Morgan fingerprint density at radius 2 is 1.73 bits per heavy atom. The molecular weight excluding hydrogens is 332 g/mol. The van der Waals surface area contributed by atoms with Crippen molar-refractivity contribution in [2.45, 2.75) is 39.5 Å². The van der Waals surface area contributed by atoms with Crippen molar-refractivity contribution in [2.75, 3.05) is 32.8 Å². The predicted octanol–water partition coefficient (Wildman–Crippen LogP) is 1.49. The standard InChI is InChI=1S/C19H28N4O3/c1-13-17(14(2)22-12-21-13)19(25)23-7-3-15(4-8-23)11-20-18(24)16-5-9-26-10-6-16/h12,15-16H,3-11H2,1-2H3,(H,20,24). The number of carbonyl (C=O) groups is 2. The number of rotatable bonds is 4. The van der Waals surface area contributed by atoms with E-state index in [4.69, 9.17) is 4.74 Å². The molecule has 3 rings (SSSR count). The molecule has 7 nitrogen and oxygen atoms in total. The molecule has 0 aliphatic carbocycles. The van der Waals surface area contributed by atoms with Crippen LogP contribution in [0.1, 0.15) is 47.4 Å². The van der Waals surface area contributed by atoms with Crippen LogP contribution in [0.25, 0.3) is 0 Å². The zero-order chi connectivity index (χ0) is 18.5. The molecule has 2 aliphatic heterocycles. The minimum atomic E-state index is 0.0188. The molecule has 0 aromatic carbocycles. The van der Waals surface area contributed by atoms with Crippen LogP contribution < -0.4 is 5.32 Å². The molecule has 0 saturated carbocycles. The van der Waals surface area contributed by atoms with Crippen LogP contribution in [0.2, 0.25) is 0 Å². The maximum atomic E-state index is 12.8. The van der Waals surface area contributed by atoms with E-state index in [1.54, 1.807) is 0 Å². The van der Waals surface area contributed by atoms with Gasteiger partial charge in [0.1, 0.15) is 6.33 Å². The first-order valence-corrected chi connectivity index (χ1v) is 9.49. The highest BCUT2D eigenvalue weighted by atomic mass is 16.5. The summed E-state index contributed by atoms with van der Waals surface area (Å²) in [5.74, 6) is 0.691. The summed E-state index contributed by atoms with van der Waals surface area (Å²) in [6, 6.07) is 0. The average Bonchev–Trinajstić information content (AvgIpc) is 2.67. The maximum absolute atomic E-state index is 12.8.